The molecule has 0 aromatic carbocycles. The van der Waals surface area contributed by atoms with Gasteiger partial charge in [0, 0.05) is 32.8 Å². The smallest absolute Gasteiger partial charge is 0.128 e. The van der Waals surface area contributed by atoms with Crippen molar-refractivity contribution in [3.63, 3.8) is 0 Å². The molecule has 17 heavy (non-hydrogen) atoms. The van der Waals surface area contributed by atoms with E-state index in [9.17, 15) is 0 Å². The molecule has 0 saturated carbocycles. The number of anilines is 1. The van der Waals surface area contributed by atoms with E-state index in [0.717, 1.165) is 17.9 Å². The SMILES string of the molecule is COCCN(CCC(=N)N)c1ccc(C)cn1. The van der Waals surface area contributed by atoms with Gasteiger partial charge in [-0.2, -0.15) is 0 Å². The number of nitrogens with zero attached hydrogens (tertiary/aromatic N) is 2. The number of rotatable bonds is 7. The Kier molecular flexibility index (Phi) is 5.42. The molecule has 0 aliphatic rings. The van der Waals surface area contributed by atoms with Crippen LogP contribution in [0.2, 0.25) is 0 Å². The van der Waals surface area contributed by atoms with Gasteiger partial charge in [0.25, 0.3) is 0 Å². The maximum absolute atomic E-state index is 7.26. The lowest BCUT2D eigenvalue weighted by atomic mass is 10.3. The van der Waals surface area contributed by atoms with Gasteiger partial charge in [0.15, 0.2) is 0 Å². The first-order chi connectivity index (χ1) is 8.13. The highest BCUT2D eigenvalue weighted by molar-refractivity contribution is 5.77. The quantitative estimate of drug-likeness (QED) is 0.550. The van der Waals surface area contributed by atoms with E-state index in [2.05, 4.69) is 9.88 Å². The van der Waals surface area contributed by atoms with Crippen LogP contribution in [0.5, 0.6) is 0 Å². The number of ether oxygens (including phenoxy) is 1. The molecule has 94 valence electrons. The fourth-order valence-electron chi connectivity index (χ4n) is 1.44. The lowest BCUT2D eigenvalue weighted by Crippen LogP contribution is -2.31. The number of amidine groups is 1. The van der Waals surface area contributed by atoms with Gasteiger partial charge in [0.2, 0.25) is 0 Å². The van der Waals surface area contributed by atoms with Crippen LogP contribution in [0.15, 0.2) is 18.3 Å². The van der Waals surface area contributed by atoms with Crippen molar-refractivity contribution >= 4 is 11.7 Å². The Morgan fingerprint density at radius 3 is 2.76 bits per heavy atom. The number of methoxy groups -OCH3 is 1. The van der Waals surface area contributed by atoms with Crippen LogP contribution in [0.25, 0.3) is 0 Å². The zero-order valence-corrected chi connectivity index (χ0v) is 10.4. The maximum Gasteiger partial charge on any atom is 0.128 e. The van der Waals surface area contributed by atoms with Crippen LogP contribution in [-0.4, -0.2) is 37.6 Å². The Hall–Kier alpha value is -1.62. The zero-order chi connectivity index (χ0) is 12.7. The molecule has 1 aromatic rings. The van der Waals surface area contributed by atoms with Gasteiger partial charge < -0.3 is 15.4 Å². The molecule has 0 fully saturated rings. The lowest BCUT2D eigenvalue weighted by Gasteiger charge is -2.23. The van der Waals surface area contributed by atoms with Gasteiger partial charge in [-0.1, -0.05) is 6.07 Å². The highest BCUT2D eigenvalue weighted by Crippen LogP contribution is 2.11. The predicted molar refractivity (Wildman–Crippen MR) is 69.6 cm³/mol. The fraction of sp³-hybridized carbons (Fsp3) is 0.500. The molecule has 0 saturated heterocycles. The van der Waals surface area contributed by atoms with Gasteiger partial charge in [-0.3, -0.25) is 5.41 Å². The molecular formula is C12H20N4O. The Morgan fingerprint density at radius 2 is 2.24 bits per heavy atom. The first-order valence-electron chi connectivity index (χ1n) is 5.63. The number of hydrogen-bond donors (Lipinski definition) is 2. The molecule has 3 N–H and O–H groups in total. The average molecular weight is 236 g/mol. The predicted octanol–water partition coefficient (Wildman–Crippen LogP) is 1.17. The summed E-state index contributed by atoms with van der Waals surface area (Å²) in [6.45, 7) is 4.08. The van der Waals surface area contributed by atoms with Crippen molar-refractivity contribution in [2.24, 2.45) is 5.73 Å². The van der Waals surface area contributed by atoms with Gasteiger partial charge >= 0.3 is 0 Å². The number of pyridine rings is 1. The summed E-state index contributed by atoms with van der Waals surface area (Å²) in [7, 11) is 1.67. The molecule has 0 atom stereocenters. The summed E-state index contributed by atoms with van der Waals surface area (Å²) in [5.74, 6) is 1.09. The van der Waals surface area contributed by atoms with E-state index >= 15 is 0 Å². The summed E-state index contributed by atoms with van der Waals surface area (Å²) in [5, 5.41) is 7.26. The van der Waals surface area contributed by atoms with Crippen LogP contribution in [0, 0.1) is 12.3 Å². The number of nitrogens with two attached hydrogens (primary N) is 1. The molecule has 5 nitrogen and oxygen atoms in total. The minimum Gasteiger partial charge on any atom is -0.388 e. The van der Waals surface area contributed by atoms with E-state index in [1.165, 1.54) is 0 Å². The Morgan fingerprint density at radius 1 is 1.47 bits per heavy atom. The molecule has 0 aliphatic heterocycles. The molecule has 0 bridgehead atoms. The van der Waals surface area contributed by atoms with Crippen LogP contribution in [0.1, 0.15) is 12.0 Å². The Balaban J connectivity index is 2.67. The Labute approximate surface area is 102 Å². The molecule has 1 rings (SSSR count). The monoisotopic (exact) mass is 236 g/mol. The topological polar surface area (TPSA) is 75.2 Å². The van der Waals surface area contributed by atoms with Crippen molar-refractivity contribution in [3.8, 4) is 0 Å². The van der Waals surface area contributed by atoms with E-state index in [-0.39, 0.29) is 5.84 Å². The molecule has 0 aliphatic carbocycles. The van der Waals surface area contributed by atoms with Gasteiger partial charge in [-0.25, -0.2) is 4.98 Å². The second-order valence-corrected chi connectivity index (χ2v) is 3.95. The summed E-state index contributed by atoms with van der Waals surface area (Å²) in [6.07, 6.45) is 2.38. The summed E-state index contributed by atoms with van der Waals surface area (Å²) in [5.41, 5.74) is 6.51. The second kappa shape index (κ2) is 6.85. The molecular weight excluding hydrogens is 216 g/mol. The average Bonchev–Trinajstić information content (AvgIpc) is 2.30. The van der Waals surface area contributed by atoms with Gasteiger partial charge in [-0.15, -0.1) is 0 Å². The standard InChI is InChI=1S/C12H20N4O/c1-10-3-4-12(15-9-10)16(7-8-17-2)6-5-11(13)14/h3-4,9H,5-8H2,1-2H3,(H3,13,14). The van der Waals surface area contributed by atoms with E-state index in [4.69, 9.17) is 15.9 Å². The largest absolute Gasteiger partial charge is 0.388 e. The highest BCUT2D eigenvalue weighted by atomic mass is 16.5. The minimum atomic E-state index is 0.194. The maximum atomic E-state index is 7.26. The van der Waals surface area contributed by atoms with Crippen molar-refractivity contribution in [2.75, 3.05) is 31.7 Å². The van der Waals surface area contributed by atoms with Crippen molar-refractivity contribution in [2.45, 2.75) is 13.3 Å². The summed E-state index contributed by atoms with van der Waals surface area (Å²) >= 11 is 0. The van der Waals surface area contributed by atoms with Crippen molar-refractivity contribution < 1.29 is 4.74 Å². The molecule has 0 amide bonds. The third kappa shape index (κ3) is 4.82. The van der Waals surface area contributed by atoms with E-state index in [1.807, 2.05) is 25.3 Å². The first-order valence-corrected chi connectivity index (χ1v) is 5.63. The van der Waals surface area contributed by atoms with E-state index in [1.54, 1.807) is 7.11 Å². The number of aromatic nitrogens is 1. The normalized spacial score (nSPS) is 10.2. The number of aryl methyl sites for hydroxylation is 1. The number of hydrogen-bond acceptors (Lipinski definition) is 4. The third-order valence-electron chi connectivity index (χ3n) is 2.44. The van der Waals surface area contributed by atoms with Gasteiger partial charge in [0.05, 0.1) is 12.4 Å². The van der Waals surface area contributed by atoms with Gasteiger partial charge in [-0.05, 0) is 18.6 Å². The van der Waals surface area contributed by atoms with Crippen LogP contribution in [0.4, 0.5) is 5.82 Å². The van der Waals surface area contributed by atoms with Crippen molar-refractivity contribution in [1.29, 1.82) is 5.41 Å². The molecule has 0 radical (unpaired) electrons. The van der Waals surface area contributed by atoms with Crippen LogP contribution in [0.3, 0.4) is 0 Å². The van der Waals surface area contributed by atoms with Gasteiger partial charge in [0.1, 0.15) is 5.82 Å². The summed E-state index contributed by atoms with van der Waals surface area (Å²) in [4.78, 5) is 6.44. The number of nitrogens with one attached hydrogen (secondary N) is 1. The molecule has 1 aromatic heterocycles. The second-order valence-electron chi connectivity index (χ2n) is 3.95. The van der Waals surface area contributed by atoms with Crippen LogP contribution >= 0.6 is 0 Å². The Bertz CT molecular complexity index is 350. The fourth-order valence-corrected chi connectivity index (χ4v) is 1.44. The highest BCUT2D eigenvalue weighted by Gasteiger charge is 2.07. The molecule has 1 heterocycles. The van der Waals surface area contributed by atoms with Crippen molar-refractivity contribution in [3.05, 3.63) is 23.9 Å². The van der Waals surface area contributed by atoms with E-state index in [0.29, 0.717) is 19.6 Å². The summed E-state index contributed by atoms with van der Waals surface area (Å²) < 4.78 is 5.07. The van der Waals surface area contributed by atoms with Crippen LogP contribution in [-0.2, 0) is 4.74 Å². The van der Waals surface area contributed by atoms with Crippen molar-refractivity contribution in [1.82, 2.24) is 4.98 Å². The molecule has 5 heteroatoms. The molecule has 0 spiro atoms. The summed E-state index contributed by atoms with van der Waals surface area (Å²) in [6, 6.07) is 4.00. The minimum absolute atomic E-state index is 0.194. The third-order valence-corrected chi connectivity index (χ3v) is 2.44. The lowest BCUT2D eigenvalue weighted by molar-refractivity contribution is 0.205. The van der Waals surface area contributed by atoms with Crippen LogP contribution < -0.4 is 10.6 Å². The zero-order valence-electron chi connectivity index (χ0n) is 10.4. The molecule has 0 unspecified atom stereocenters. The first kappa shape index (κ1) is 13.4. The van der Waals surface area contributed by atoms with E-state index < -0.39 is 0 Å².